The molecule has 1 saturated carbocycles. The fraction of sp³-hybridized carbons (Fsp3) is 0.667. The fourth-order valence-corrected chi connectivity index (χ4v) is 4.74. The van der Waals surface area contributed by atoms with Gasteiger partial charge in [0.1, 0.15) is 5.75 Å². The molecule has 3 aliphatic rings. The monoisotopic (exact) mass is 374 g/mol. The smallest absolute Gasteiger partial charge is 0.258 e. The highest BCUT2D eigenvalue weighted by Gasteiger charge is 2.40. The molecule has 0 radical (unpaired) electrons. The summed E-state index contributed by atoms with van der Waals surface area (Å²) < 4.78 is 11.3. The Morgan fingerprint density at radius 1 is 1.26 bits per heavy atom. The van der Waals surface area contributed by atoms with Gasteiger partial charge in [0, 0.05) is 38.3 Å². The molecule has 2 aliphatic heterocycles. The molecular weight excluding hydrogens is 344 g/mol. The third kappa shape index (κ3) is 4.81. The number of carbonyl (C=O) groups excluding carboxylic acids is 1. The molecule has 0 aromatic heterocycles. The Morgan fingerprint density at radius 2 is 2.04 bits per heavy atom. The van der Waals surface area contributed by atoms with Crippen molar-refractivity contribution in [1.82, 2.24) is 10.2 Å². The maximum absolute atomic E-state index is 12.1. The van der Waals surface area contributed by atoms with Crippen LogP contribution in [0.4, 0.5) is 0 Å². The summed E-state index contributed by atoms with van der Waals surface area (Å²) in [7, 11) is 0. The second-order valence-electron chi connectivity index (χ2n) is 8.17. The number of nitrogens with zero attached hydrogens (tertiary/aromatic N) is 1. The van der Waals surface area contributed by atoms with Crippen molar-refractivity contribution in [3.8, 4) is 5.75 Å². The van der Waals surface area contributed by atoms with E-state index in [-0.39, 0.29) is 24.7 Å². The Balaban J connectivity index is 1.26. The topological polar surface area (TPSA) is 71.0 Å². The number of hydrogen-bond donors (Lipinski definition) is 2. The lowest BCUT2D eigenvalue weighted by molar-refractivity contribution is -0.123. The minimum Gasteiger partial charge on any atom is -0.483 e. The molecule has 6 heteroatoms. The average molecular weight is 374 g/mol. The van der Waals surface area contributed by atoms with Crippen LogP contribution in [0.3, 0.4) is 0 Å². The van der Waals surface area contributed by atoms with Gasteiger partial charge in [-0.15, -0.1) is 0 Å². The molecule has 4 rings (SSSR count). The molecule has 1 amide bonds. The normalized spacial score (nSPS) is 30.4. The number of para-hydroxylation sites is 1. The molecule has 2 N–H and O–H groups in total. The van der Waals surface area contributed by atoms with Crippen LogP contribution in [0.15, 0.2) is 24.3 Å². The summed E-state index contributed by atoms with van der Waals surface area (Å²) in [6.07, 6.45) is 4.00. The lowest BCUT2D eigenvalue weighted by Crippen LogP contribution is -2.35. The maximum atomic E-state index is 12.1. The van der Waals surface area contributed by atoms with E-state index in [1.54, 1.807) is 0 Å². The molecule has 0 spiro atoms. The van der Waals surface area contributed by atoms with E-state index in [9.17, 15) is 9.90 Å². The van der Waals surface area contributed by atoms with Gasteiger partial charge in [-0.2, -0.15) is 0 Å². The van der Waals surface area contributed by atoms with Crippen molar-refractivity contribution in [3.05, 3.63) is 29.8 Å². The van der Waals surface area contributed by atoms with Gasteiger partial charge >= 0.3 is 0 Å². The predicted molar refractivity (Wildman–Crippen MR) is 101 cm³/mol. The van der Waals surface area contributed by atoms with Crippen LogP contribution >= 0.6 is 0 Å². The van der Waals surface area contributed by atoms with Crippen LogP contribution in [-0.2, 0) is 16.1 Å². The summed E-state index contributed by atoms with van der Waals surface area (Å²) in [6.45, 7) is 4.29. The van der Waals surface area contributed by atoms with Crippen molar-refractivity contribution in [3.63, 3.8) is 0 Å². The van der Waals surface area contributed by atoms with E-state index in [2.05, 4.69) is 16.3 Å². The number of amides is 1. The molecule has 1 aromatic carbocycles. The van der Waals surface area contributed by atoms with Crippen LogP contribution in [0.25, 0.3) is 0 Å². The third-order valence-electron chi connectivity index (χ3n) is 6.08. The van der Waals surface area contributed by atoms with Gasteiger partial charge in [-0.25, -0.2) is 0 Å². The van der Waals surface area contributed by atoms with E-state index < -0.39 is 0 Å². The number of benzene rings is 1. The summed E-state index contributed by atoms with van der Waals surface area (Å²) in [5, 5.41) is 12.7. The minimum atomic E-state index is -0.106. The highest BCUT2D eigenvalue weighted by atomic mass is 16.5. The van der Waals surface area contributed by atoms with Gasteiger partial charge in [0.15, 0.2) is 6.61 Å². The van der Waals surface area contributed by atoms with Crippen LogP contribution in [0, 0.1) is 11.8 Å². The van der Waals surface area contributed by atoms with Gasteiger partial charge in [-0.3, -0.25) is 9.69 Å². The summed E-state index contributed by atoms with van der Waals surface area (Å²) in [4.78, 5) is 14.5. The van der Waals surface area contributed by atoms with Crippen molar-refractivity contribution in [2.75, 3.05) is 32.8 Å². The highest BCUT2D eigenvalue weighted by molar-refractivity contribution is 5.77. The van der Waals surface area contributed by atoms with E-state index >= 15 is 0 Å². The first-order valence-electron chi connectivity index (χ1n) is 10.2. The zero-order valence-corrected chi connectivity index (χ0v) is 15.8. The van der Waals surface area contributed by atoms with Gasteiger partial charge in [0.05, 0.1) is 12.2 Å². The standard InChI is InChI=1S/C21H30N2O4/c24-18-8-16-12-23(13-17(16)9-18)11-15-4-1-2-6-20(15)27-14-21(25)22-10-19-5-3-7-26-19/h1-2,4,6,16-19,24H,3,5,7-14H2,(H,22,25)/t16-,17+,18?,19?. The number of aliphatic hydroxyl groups is 1. The summed E-state index contributed by atoms with van der Waals surface area (Å²) in [5.41, 5.74) is 1.12. The molecule has 3 fully saturated rings. The second kappa shape index (κ2) is 8.59. The van der Waals surface area contributed by atoms with Crippen LogP contribution in [-0.4, -0.2) is 61.0 Å². The molecule has 2 unspecified atom stereocenters. The van der Waals surface area contributed by atoms with E-state index in [1.165, 1.54) is 0 Å². The first-order chi connectivity index (χ1) is 13.2. The Labute approximate surface area is 160 Å². The van der Waals surface area contributed by atoms with Gasteiger partial charge < -0.3 is 19.9 Å². The molecule has 2 saturated heterocycles. The number of fused-ring (bicyclic) bond motifs is 1. The first kappa shape index (κ1) is 18.7. The zero-order valence-electron chi connectivity index (χ0n) is 15.8. The molecule has 27 heavy (non-hydrogen) atoms. The Bertz CT molecular complexity index is 633. The first-order valence-corrected chi connectivity index (χ1v) is 10.2. The number of rotatable bonds is 7. The molecule has 4 atom stereocenters. The van der Waals surface area contributed by atoms with Crippen LogP contribution in [0.5, 0.6) is 5.75 Å². The summed E-state index contributed by atoms with van der Waals surface area (Å²) in [5.74, 6) is 1.92. The van der Waals surface area contributed by atoms with Crippen LogP contribution < -0.4 is 10.1 Å². The molecule has 148 valence electrons. The fourth-order valence-electron chi connectivity index (χ4n) is 4.74. The van der Waals surface area contributed by atoms with E-state index in [4.69, 9.17) is 9.47 Å². The number of ether oxygens (including phenoxy) is 2. The van der Waals surface area contributed by atoms with Gasteiger partial charge in [-0.1, -0.05) is 18.2 Å². The number of carbonyl (C=O) groups is 1. The molecule has 1 aliphatic carbocycles. The molecule has 2 heterocycles. The van der Waals surface area contributed by atoms with Crippen molar-refractivity contribution in [2.45, 2.75) is 44.4 Å². The van der Waals surface area contributed by atoms with Gasteiger partial charge in [0.2, 0.25) is 0 Å². The SMILES string of the molecule is O=C(COc1ccccc1CN1C[C@H]2CC(O)C[C@H]2C1)NCC1CCCO1. The van der Waals surface area contributed by atoms with Crippen molar-refractivity contribution in [2.24, 2.45) is 11.8 Å². The van der Waals surface area contributed by atoms with Gasteiger partial charge in [0.25, 0.3) is 5.91 Å². The summed E-state index contributed by atoms with van der Waals surface area (Å²) >= 11 is 0. The van der Waals surface area contributed by atoms with E-state index in [0.717, 1.165) is 63.2 Å². The summed E-state index contributed by atoms with van der Waals surface area (Å²) in [6, 6.07) is 7.96. The number of aliphatic hydroxyl groups excluding tert-OH is 1. The molecule has 1 aromatic rings. The second-order valence-corrected chi connectivity index (χ2v) is 8.17. The quantitative estimate of drug-likeness (QED) is 0.758. The largest absolute Gasteiger partial charge is 0.483 e. The molecule has 6 nitrogen and oxygen atoms in total. The zero-order chi connectivity index (χ0) is 18.6. The predicted octanol–water partition coefficient (Wildman–Crippen LogP) is 1.56. The van der Waals surface area contributed by atoms with E-state index in [0.29, 0.717) is 18.4 Å². The number of likely N-dealkylation sites (tertiary alicyclic amines) is 1. The molecular formula is C21H30N2O4. The van der Waals surface area contributed by atoms with Crippen molar-refractivity contribution >= 4 is 5.91 Å². The van der Waals surface area contributed by atoms with Gasteiger partial charge in [-0.05, 0) is 43.6 Å². The third-order valence-corrected chi connectivity index (χ3v) is 6.08. The number of hydrogen-bond acceptors (Lipinski definition) is 5. The minimum absolute atomic E-state index is 0.0289. The maximum Gasteiger partial charge on any atom is 0.258 e. The van der Waals surface area contributed by atoms with Crippen molar-refractivity contribution in [1.29, 1.82) is 0 Å². The lowest BCUT2D eigenvalue weighted by atomic mass is 10.0. The molecule has 0 bridgehead atoms. The van der Waals surface area contributed by atoms with E-state index in [1.807, 2.05) is 18.2 Å². The average Bonchev–Trinajstić information content (AvgIpc) is 3.36. The van der Waals surface area contributed by atoms with Crippen molar-refractivity contribution < 1.29 is 19.4 Å². The Hall–Kier alpha value is -1.63. The van der Waals surface area contributed by atoms with Crippen LogP contribution in [0.2, 0.25) is 0 Å². The number of nitrogens with one attached hydrogen (secondary N) is 1. The highest BCUT2D eigenvalue weighted by Crippen LogP contribution is 2.38. The van der Waals surface area contributed by atoms with Crippen LogP contribution in [0.1, 0.15) is 31.2 Å². The lowest BCUT2D eigenvalue weighted by Gasteiger charge is -2.20. The Kier molecular flexibility index (Phi) is 5.95. The Morgan fingerprint density at radius 3 is 2.78 bits per heavy atom.